The Morgan fingerprint density at radius 1 is 1.25 bits per heavy atom. The summed E-state index contributed by atoms with van der Waals surface area (Å²) in [5, 5.41) is 8.87. The number of imide groups is 1. The molecule has 1 saturated carbocycles. The third-order valence-electron chi connectivity index (χ3n) is 3.62. The van der Waals surface area contributed by atoms with Gasteiger partial charge in [-0.1, -0.05) is 12.8 Å². The summed E-state index contributed by atoms with van der Waals surface area (Å²) < 4.78 is 0. The highest BCUT2D eigenvalue weighted by Crippen LogP contribution is 2.38. The SMILES string of the molecule is C[C@@H](C(=O)O)N1C(=O)[C@H]2CCCC[C@H]2C1=O. The highest BCUT2D eigenvalue weighted by molar-refractivity contribution is 6.07. The van der Waals surface area contributed by atoms with E-state index in [9.17, 15) is 14.4 Å². The Labute approximate surface area is 93.4 Å². The van der Waals surface area contributed by atoms with Gasteiger partial charge in [-0.2, -0.15) is 0 Å². The summed E-state index contributed by atoms with van der Waals surface area (Å²) in [4.78, 5) is 35.7. The molecule has 0 aromatic rings. The average Bonchev–Trinajstić information content (AvgIpc) is 2.52. The minimum absolute atomic E-state index is 0.261. The standard InChI is InChI=1S/C11H15NO4/c1-6(11(15)16)12-9(13)7-4-2-3-5-8(7)10(12)14/h6-8H,2-5H2,1H3,(H,15,16)/t6-,7-,8+/m0/s1. The fourth-order valence-corrected chi connectivity index (χ4v) is 2.68. The maximum atomic E-state index is 11.9. The second-order valence-electron chi connectivity index (χ2n) is 4.56. The van der Waals surface area contributed by atoms with Crippen molar-refractivity contribution in [3.05, 3.63) is 0 Å². The van der Waals surface area contributed by atoms with Gasteiger partial charge in [-0.05, 0) is 19.8 Å². The minimum atomic E-state index is -1.12. The molecule has 2 fully saturated rings. The molecule has 1 heterocycles. The molecular weight excluding hydrogens is 210 g/mol. The second kappa shape index (κ2) is 3.88. The van der Waals surface area contributed by atoms with Crippen LogP contribution in [0.3, 0.4) is 0 Å². The summed E-state index contributed by atoms with van der Waals surface area (Å²) in [5.41, 5.74) is 0. The fraction of sp³-hybridized carbons (Fsp3) is 0.727. The van der Waals surface area contributed by atoms with Gasteiger partial charge in [0.25, 0.3) is 0 Å². The lowest BCUT2D eigenvalue weighted by atomic mass is 9.81. The molecule has 88 valence electrons. The van der Waals surface area contributed by atoms with Crippen LogP contribution >= 0.6 is 0 Å². The Kier molecular flexibility index (Phi) is 2.69. The molecule has 16 heavy (non-hydrogen) atoms. The molecular formula is C11H15NO4. The number of aliphatic carboxylic acids is 1. The summed E-state index contributed by atoms with van der Waals surface area (Å²) in [5.74, 6) is -2.22. The van der Waals surface area contributed by atoms with Gasteiger partial charge < -0.3 is 5.11 Å². The zero-order valence-electron chi connectivity index (χ0n) is 9.18. The zero-order valence-corrected chi connectivity index (χ0v) is 9.18. The van der Waals surface area contributed by atoms with Crippen LogP contribution < -0.4 is 0 Å². The molecule has 0 bridgehead atoms. The first-order chi connectivity index (χ1) is 7.54. The third-order valence-corrected chi connectivity index (χ3v) is 3.62. The molecule has 2 aliphatic rings. The fourth-order valence-electron chi connectivity index (χ4n) is 2.68. The molecule has 0 radical (unpaired) electrons. The first-order valence-corrected chi connectivity index (χ1v) is 5.63. The van der Waals surface area contributed by atoms with E-state index in [0.29, 0.717) is 0 Å². The van der Waals surface area contributed by atoms with Crippen LogP contribution in [0.4, 0.5) is 0 Å². The van der Waals surface area contributed by atoms with Gasteiger partial charge in [-0.15, -0.1) is 0 Å². The van der Waals surface area contributed by atoms with E-state index in [1.807, 2.05) is 0 Å². The normalized spacial score (nSPS) is 31.4. The van der Waals surface area contributed by atoms with Crippen molar-refractivity contribution in [3.63, 3.8) is 0 Å². The molecule has 1 aliphatic carbocycles. The van der Waals surface area contributed by atoms with Gasteiger partial charge in [-0.3, -0.25) is 14.5 Å². The molecule has 0 aromatic heterocycles. The summed E-state index contributed by atoms with van der Waals surface area (Å²) in [6, 6.07) is -1.04. The zero-order chi connectivity index (χ0) is 11.9. The topological polar surface area (TPSA) is 74.7 Å². The summed E-state index contributed by atoms with van der Waals surface area (Å²) >= 11 is 0. The molecule has 1 saturated heterocycles. The van der Waals surface area contributed by atoms with Crippen LogP contribution in [0, 0.1) is 11.8 Å². The van der Waals surface area contributed by atoms with E-state index in [-0.39, 0.29) is 23.7 Å². The smallest absolute Gasteiger partial charge is 0.326 e. The average molecular weight is 225 g/mol. The predicted octanol–water partition coefficient (Wildman–Crippen LogP) is 0.635. The number of carboxylic acids is 1. The van der Waals surface area contributed by atoms with Crippen LogP contribution in [0.1, 0.15) is 32.6 Å². The number of nitrogens with zero attached hydrogens (tertiary/aromatic N) is 1. The first-order valence-electron chi connectivity index (χ1n) is 5.63. The number of fused-ring (bicyclic) bond motifs is 1. The lowest BCUT2D eigenvalue weighted by molar-refractivity contribution is -0.154. The first kappa shape index (κ1) is 11.1. The Morgan fingerprint density at radius 2 is 1.69 bits per heavy atom. The Morgan fingerprint density at radius 3 is 2.06 bits per heavy atom. The van der Waals surface area contributed by atoms with E-state index in [1.165, 1.54) is 6.92 Å². The number of hydrogen-bond acceptors (Lipinski definition) is 3. The number of rotatable bonds is 2. The van der Waals surface area contributed by atoms with Crippen molar-refractivity contribution in [2.75, 3.05) is 0 Å². The third kappa shape index (κ3) is 1.50. The van der Waals surface area contributed by atoms with Crippen molar-refractivity contribution in [3.8, 4) is 0 Å². The molecule has 1 N–H and O–H groups in total. The van der Waals surface area contributed by atoms with Crippen LogP contribution in [0.15, 0.2) is 0 Å². The Hall–Kier alpha value is -1.39. The monoisotopic (exact) mass is 225 g/mol. The second-order valence-corrected chi connectivity index (χ2v) is 4.56. The summed E-state index contributed by atoms with van der Waals surface area (Å²) in [6.07, 6.45) is 3.35. The van der Waals surface area contributed by atoms with Crippen molar-refractivity contribution in [2.45, 2.75) is 38.6 Å². The maximum Gasteiger partial charge on any atom is 0.326 e. The van der Waals surface area contributed by atoms with Crippen LogP contribution in [0.25, 0.3) is 0 Å². The van der Waals surface area contributed by atoms with Crippen molar-refractivity contribution in [1.82, 2.24) is 4.90 Å². The number of hydrogen-bond donors (Lipinski definition) is 1. The Balaban J connectivity index is 2.25. The van der Waals surface area contributed by atoms with Crippen molar-refractivity contribution < 1.29 is 19.5 Å². The lowest BCUT2D eigenvalue weighted by Gasteiger charge is -2.19. The highest BCUT2D eigenvalue weighted by Gasteiger charge is 2.50. The van der Waals surface area contributed by atoms with Crippen molar-refractivity contribution in [1.29, 1.82) is 0 Å². The van der Waals surface area contributed by atoms with Gasteiger partial charge in [0.2, 0.25) is 11.8 Å². The van der Waals surface area contributed by atoms with Crippen LogP contribution in [-0.4, -0.2) is 33.8 Å². The summed E-state index contributed by atoms with van der Waals surface area (Å²) in [6.45, 7) is 1.38. The quantitative estimate of drug-likeness (QED) is 0.699. The molecule has 0 spiro atoms. The van der Waals surface area contributed by atoms with Gasteiger partial charge in [0.1, 0.15) is 6.04 Å². The number of carboxylic acid groups (broad SMARTS) is 1. The molecule has 5 nitrogen and oxygen atoms in total. The largest absolute Gasteiger partial charge is 0.480 e. The van der Waals surface area contributed by atoms with E-state index in [1.54, 1.807) is 0 Å². The number of carbonyl (C=O) groups excluding carboxylic acids is 2. The molecule has 2 rings (SSSR count). The Bertz CT molecular complexity index is 328. The van der Waals surface area contributed by atoms with Crippen LogP contribution in [0.5, 0.6) is 0 Å². The molecule has 2 amide bonds. The lowest BCUT2D eigenvalue weighted by Crippen LogP contribution is -2.43. The number of carbonyl (C=O) groups is 3. The number of likely N-dealkylation sites (tertiary alicyclic amines) is 1. The predicted molar refractivity (Wildman–Crippen MR) is 54.4 cm³/mol. The molecule has 3 atom stereocenters. The summed E-state index contributed by atoms with van der Waals surface area (Å²) in [7, 11) is 0. The van der Waals surface area contributed by atoms with Gasteiger partial charge in [-0.25, -0.2) is 4.79 Å². The van der Waals surface area contributed by atoms with E-state index >= 15 is 0 Å². The molecule has 1 aliphatic heterocycles. The van der Waals surface area contributed by atoms with Crippen molar-refractivity contribution in [2.24, 2.45) is 11.8 Å². The van der Waals surface area contributed by atoms with Gasteiger partial charge in [0, 0.05) is 0 Å². The molecule has 0 aromatic carbocycles. The van der Waals surface area contributed by atoms with E-state index in [0.717, 1.165) is 30.6 Å². The van der Waals surface area contributed by atoms with E-state index < -0.39 is 12.0 Å². The van der Waals surface area contributed by atoms with Gasteiger partial charge >= 0.3 is 5.97 Å². The van der Waals surface area contributed by atoms with Crippen LogP contribution in [-0.2, 0) is 14.4 Å². The van der Waals surface area contributed by atoms with E-state index in [2.05, 4.69) is 0 Å². The maximum absolute atomic E-state index is 11.9. The number of amides is 2. The molecule has 5 heteroatoms. The minimum Gasteiger partial charge on any atom is -0.480 e. The van der Waals surface area contributed by atoms with E-state index in [4.69, 9.17) is 5.11 Å². The van der Waals surface area contributed by atoms with Gasteiger partial charge in [0.05, 0.1) is 11.8 Å². The molecule has 0 unspecified atom stereocenters. The van der Waals surface area contributed by atoms with Crippen LogP contribution in [0.2, 0.25) is 0 Å². The van der Waals surface area contributed by atoms with Crippen molar-refractivity contribution >= 4 is 17.8 Å². The highest BCUT2D eigenvalue weighted by atomic mass is 16.4. The van der Waals surface area contributed by atoms with Gasteiger partial charge in [0.15, 0.2) is 0 Å².